The normalized spacial score (nSPS) is 33.8. The highest BCUT2D eigenvalue weighted by Crippen LogP contribution is 2.51. The molecule has 0 saturated carbocycles. The van der Waals surface area contributed by atoms with Crippen LogP contribution in [0.25, 0.3) is 0 Å². The van der Waals surface area contributed by atoms with Crippen molar-refractivity contribution in [3.05, 3.63) is 47.5 Å². The summed E-state index contributed by atoms with van der Waals surface area (Å²) in [6, 6.07) is 10.9. The van der Waals surface area contributed by atoms with E-state index in [9.17, 15) is 25.2 Å². The van der Waals surface area contributed by atoms with E-state index < -0.39 is 36.7 Å². The predicted molar refractivity (Wildman–Crippen MR) is 132 cm³/mol. The number of ether oxygens (including phenoxy) is 7. The van der Waals surface area contributed by atoms with Gasteiger partial charge in [-0.2, -0.15) is 0 Å². The first kappa shape index (κ1) is 27.4. The Kier molecular flexibility index (Phi) is 7.85. The minimum absolute atomic E-state index is 0.0363. The number of carboxylic acid groups (broad SMARTS) is 1. The van der Waals surface area contributed by atoms with Crippen molar-refractivity contribution < 1.29 is 58.4 Å². The van der Waals surface area contributed by atoms with Crippen molar-refractivity contribution in [2.24, 2.45) is 11.8 Å². The molecule has 5 rings (SSSR count). The summed E-state index contributed by atoms with van der Waals surface area (Å²) in [4.78, 5) is 11.5. The van der Waals surface area contributed by atoms with Crippen molar-refractivity contribution in [2.45, 2.75) is 42.9 Å². The third-order valence-electron chi connectivity index (χ3n) is 7.57. The molecule has 0 aliphatic carbocycles. The van der Waals surface area contributed by atoms with E-state index >= 15 is 0 Å². The Balaban J connectivity index is 1.36. The van der Waals surface area contributed by atoms with Gasteiger partial charge in [-0.05, 0) is 35.4 Å². The van der Waals surface area contributed by atoms with E-state index in [2.05, 4.69) is 0 Å². The molecule has 0 spiro atoms. The third kappa shape index (κ3) is 4.99. The molecule has 0 radical (unpaired) electrons. The van der Waals surface area contributed by atoms with Crippen LogP contribution in [0.15, 0.2) is 36.4 Å². The van der Waals surface area contributed by atoms with Crippen LogP contribution in [0, 0.1) is 11.8 Å². The van der Waals surface area contributed by atoms with Crippen LogP contribution in [-0.4, -0.2) is 91.6 Å². The number of aliphatic hydroxyl groups excluding tert-OH is 3. The summed E-state index contributed by atoms with van der Waals surface area (Å²) in [5.74, 6) is 0.301. The van der Waals surface area contributed by atoms with Crippen LogP contribution in [0.4, 0.5) is 0 Å². The van der Waals surface area contributed by atoms with Crippen molar-refractivity contribution in [3.8, 4) is 23.0 Å². The van der Waals surface area contributed by atoms with Crippen LogP contribution in [0.2, 0.25) is 0 Å². The monoisotopic (exact) mass is 548 g/mol. The van der Waals surface area contributed by atoms with Gasteiger partial charge in [0.1, 0.15) is 18.3 Å². The SMILES string of the molecule is COc1ccc([C@H]2OCC3C2CO[C@H]3c2ccc(OC)c(OC3OC(C(=O)O)C(O)[C@@H](O)[C@@H]3O)c2)cc1OC. The molecule has 12 heteroatoms. The second kappa shape index (κ2) is 11.2. The van der Waals surface area contributed by atoms with Crippen molar-refractivity contribution in [1.82, 2.24) is 0 Å². The Hall–Kier alpha value is -3.13. The summed E-state index contributed by atoms with van der Waals surface area (Å²) in [7, 11) is 4.60. The standard InChI is InChI=1S/C27H32O12/c1-33-16-6-4-12(8-18(16)35-3)23-14-10-37-24(15(14)11-36-23)13-5-7-17(34-2)19(9-13)38-27-22(30)20(28)21(29)25(39-27)26(31)32/h4-9,14-15,20-25,27-30H,10-11H2,1-3H3,(H,31,32)/t14?,15?,20-,21?,22+,23-,24+,25?,27?/m1/s1. The fourth-order valence-electron chi connectivity index (χ4n) is 5.50. The summed E-state index contributed by atoms with van der Waals surface area (Å²) in [5.41, 5.74) is 1.72. The number of aliphatic carboxylic acids is 1. The van der Waals surface area contributed by atoms with Gasteiger partial charge in [-0.25, -0.2) is 4.79 Å². The lowest BCUT2D eigenvalue weighted by molar-refractivity contribution is -0.271. The van der Waals surface area contributed by atoms with Gasteiger partial charge in [-0.1, -0.05) is 12.1 Å². The molecule has 3 aliphatic rings. The van der Waals surface area contributed by atoms with E-state index in [4.69, 9.17) is 33.2 Å². The van der Waals surface area contributed by atoms with Crippen LogP contribution < -0.4 is 18.9 Å². The van der Waals surface area contributed by atoms with Crippen molar-refractivity contribution in [1.29, 1.82) is 0 Å². The number of aliphatic hydroxyl groups is 3. The highest BCUT2D eigenvalue weighted by atomic mass is 16.7. The lowest BCUT2D eigenvalue weighted by Crippen LogP contribution is -2.61. The molecule has 2 aromatic carbocycles. The van der Waals surface area contributed by atoms with E-state index in [0.717, 1.165) is 11.1 Å². The fourth-order valence-corrected chi connectivity index (χ4v) is 5.50. The Labute approximate surface area is 224 Å². The van der Waals surface area contributed by atoms with E-state index in [1.165, 1.54) is 7.11 Å². The molecule has 3 heterocycles. The Morgan fingerprint density at radius 3 is 1.77 bits per heavy atom. The lowest BCUT2D eigenvalue weighted by atomic mass is 9.85. The maximum absolute atomic E-state index is 11.5. The predicted octanol–water partition coefficient (Wildman–Crippen LogP) is 1.06. The first-order valence-electron chi connectivity index (χ1n) is 12.5. The minimum Gasteiger partial charge on any atom is -0.493 e. The second-order valence-corrected chi connectivity index (χ2v) is 9.71. The molecular formula is C27H32O12. The topological polar surface area (TPSA) is 163 Å². The summed E-state index contributed by atoms with van der Waals surface area (Å²) in [6.45, 7) is 0.927. The summed E-state index contributed by atoms with van der Waals surface area (Å²) in [5, 5.41) is 39.8. The van der Waals surface area contributed by atoms with Crippen LogP contribution >= 0.6 is 0 Å². The van der Waals surface area contributed by atoms with Crippen molar-refractivity contribution >= 4 is 5.97 Å². The number of benzene rings is 2. The number of hydrogen-bond acceptors (Lipinski definition) is 11. The molecule has 9 atom stereocenters. The quantitative estimate of drug-likeness (QED) is 0.372. The molecule has 0 aromatic heterocycles. The molecule has 3 aliphatic heterocycles. The van der Waals surface area contributed by atoms with Crippen molar-refractivity contribution in [2.75, 3.05) is 34.5 Å². The largest absolute Gasteiger partial charge is 0.493 e. The molecule has 212 valence electrons. The average Bonchev–Trinajstić information content (AvgIpc) is 3.55. The minimum atomic E-state index is -1.82. The molecule has 12 nitrogen and oxygen atoms in total. The molecule has 5 unspecified atom stereocenters. The van der Waals surface area contributed by atoms with Gasteiger partial charge in [0, 0.05) is 11.8 Å². The summed E-state index contributed by atoms with van der Waals surface area (Å²) < 4.78 is 39.7. The van der Waals surface area contributed by atoms with Crippen LogP contribution in [0.1, 0.15) is 23.3 Å². The average molecular weight is 549 g/mol. The smallest absolute Gasteiger partial charge is 0.335 e. The third-order valence-corrected chi connectivity index (χ3v) is 7.57. The fraction of sp³-hybridized carbons (Fsp3) is 0.519. The highest BCUT2D eigenvalue weighted by Gasteiger charge is 2.50. The first-order valence-corrected chi connectivity index (χ1v) is 12.5. The molecular weight excluding hydrogens is 516 g/mol. The van der Waals surface area contributed by atoms with Crippen LogP contribution in [-0.2, 0) is 19.0 Å². The van der Waals surface area contributed by atoms with Gasteiger partial charge in [0.05, 0.1) is 46.8 Å². The molecule has 39 heavy (non-hydrogen) atoms. The Morgan fingerprint density at radius 2 is 1.26 bits per heavy atom. The molecule has 3 saturated heterocycles. The highest BCUT2D eigenvalue weighted by molar-refractivity contribution is 5.73. The van der Waals surface area contributed by atoms with Gasteiger partial charge in [0.2, 0.25) is 6.29 Å². The van der Waals surface area contributed by atoms with Gasteiger partial charge in [0.15, 0.2) is 29.1 Å². The van der Waals surface area contributed by atoms with Crippen LogP contribution in [0.5, 0.6) is 23.0 Å². The summed E-state index contributed by atoms with van der Waals surface area (Å²) in [6.07, 6.45) is -9.20. The van der Waals surface area contributed by atoms with Gasteiger partial charge in [-0.15, -0.1) is 0 Å². The Bertz CT molecular complexity index is 1190. The van der Waals surface area contributed by atoms with Gasteiger partial charge < -0.3 is 53.6 Å². The van der Waals surface area contributed by atoms with E-state index in [-0.39, 0.29) is 29.8 Å². The number of carboxylic acids is 1. The number of carbonyl (C=O) groups is 1. The number of hydrogen-bond donors (Lipinski definition) is 4. The zero-order chi connectivity index (χ0) is 27.8. The zero-order valence-corrected chi connectivity index (χ0v) is 21.6. The summed E-state index contributed by atoms with van der Waals surface area (Å²) >= 11 is 0. The molecule has 2 aromatic rings. The van der Waals surface area contributed by atoms with Crippen molar-refractivity contribution in [3.63, 3.8) is 0 Å². The van der Waals surface area contributed by atoms with Gasteiger partial charge in [-0.3, -0.25) is 0 Å². The molecule has 0 amide bonds. The first-order chi connectivity index (χ1) is 18.8. The maximum Gasteiger partial charge on any atom is 0.335 e. The molecule has 4 N–H and O–H groups in total. The van der Waals surface area contributed by atoms with Crippen LogP contribution in [0.3, 0.4) is 0 Å². The maximum atomic E-state index is 11.5. The Morgan fingerprint density at radius 1 is 0.744 bits per heavy atom. The van der Waals surface area contributed by atoms with Gasteiger partial charge >= 0.3 is 5.97 Å². The second-order valence-electron chi connectivity index (χ2n) is 9.71. The number of rotatable bonds is 8. The van der Waals surface area contributed by atoms with E-state index in [1.807, 2.05) is 24.3 Å². The van der Waals surface area contributed by atoms with E-state index in [0.29, 0.717) is 30.5 Å². The zero-order valence-electron chi connectivity index (χ0n) is 21.6. The molecule has 0 bridgehead atoms. The lowest BCUT2D eigenvalue weighted by Gasteiger charge is -2.38. The molecule has 3 fully saturated rings. The van der Waals surface area contributed by atoms with E-state index in [1.54, 1.807) is 26.4 Å². The van der Waals surface area contributed by atoms with Gasteiger partial charge in [0.25, 0.3) is 0 Å². The number of methoxy groups -OCH3 is 3. The number of fused-ring (bicyclic) bond motifs is 1.